The minimum atomic E-state index is -0.565. The summed E-state index contributed by atoms with van der Waals surface area (Å²) in [6.07, 6.45) is -0.565. The Balaban J connectivity index is 2.13. The summed E-state index contributed by atoms with van der Waals surface area (Å²) in [5.74, 6) is 0. The number of benzene rings is 1. The van der Waals surface area contributed by atoms with E-state index in [4.69, 9.17) is 10.00 Å². The van der Waals surface area contributed by atoms with Gasteiger partial charge >= 0.3 is 0 Å². The molecular formula is C15H23N3O2. The van der Waals surface area contributed by atoms with Gasteiger partial charge in [-0.15, -0.1) is 0 Å². The third-order valence-electron chi connectivity index (χ3n) is 2.87. The Morgan fingerprint density at radius 3 is 2.60 bits per heavy atom. The summed E-state index contributed by atoms with van der Waals surface area (Å²) in [6, 6.07) is 9.03. The Kier molecular flexibility index (Phi) is 7.85. The molecule has 0 fully saturated rings. The molecule has 0 heterocycles. The molecule has 0 aromatic heterocycles. The molecule has 5 nitrogen and oxygen atoms in total. The molecule has 2 N–H and O–H groups in total. The average Bonchev–Trinajstić information content (AvgIpc) is 2.45. The zero-order chi connectivity index (χ0) is 14.8. The van der Waals surface area contributed by atoms with E-state index in [0.717, 1.165) is 12.1 Å². The van der Waals surface area contributed by atoms with E-state index in [0.29, 0.717) is 31.9 Å². The Bertz CT molecular complexity index is 412. The summed E-state index contributed by atoms with van der Waals surface area (Å²) < 4.78 is 5.44. The van der Waals surface area contributed by atoms with Crippen LogP contribution in [0.15, 0.2) is 24.3 Å². The van der Waals surface area contributed by atoms with Gasteiger partial charge in [-0.3, -0.25) is 0 Å². The maximum Gasteiger partial charge on any atom is 0.0991 e. The number of hydrogen-bond donors (Lipinski definition) is 2. The smallest absolute Gasteiger partial charge is 0.0991 e. The van der Waals surface area contributed by atoms with Crippen molar-refractivity contribution in [2.45, 2.75) is 6.10 Å². The van der Waals surface area contributed by atoms with Crippen molar-refractivity contribution >= 4 is 0 Å². The van der Waals surface area contributed by atoms with Crippen molar-refractivity contribution in [2.24, 2.45) is 0 Å². The monoisotopic (exact) mass is 277 g/mol. The summed E-state index contributed by atoms with van der Waals surface area (Å²) >= 11 is 0. The molecule has 0 aliphatic heterocycles. The number of likely N-dealkylation sites (N-methyl/N-ethyl adjacent to an activating group) is 1. The zero-order valence-corrected chi connectivity index (χ0v) is 12.2. The molecule has 0 spiro atoms. The second kappa shape index (κ2) is 9.45. The molecule has 1 aromatic rings. The zero-order valence-electron chi connectivity index (χ0n) is 12.2. The molecule has 0 amide bonds. The Morgan fingerprint density at radius 1 is 1.30 bits per heavy atom. The summed E-state index contributed by atoms with van der Waals surface area (Å²) in [5, 5.41) is 21.8. The highest BCUT2D eigenvalue weighted by atomic mass is 16.5. The van der Waals surface area contributed by atoms with Gasteiger partial charge in [0.25, 0.3) is 0 Å². The number of aliphatic hydroxyl groups excluding tert-OH is 1. The summed E-state index contributed by atoms with van der Waals surface area (Å²) in [4.78, 5) is 2.07. The van der Waals surface area contributed by atoms with Crippen LogP contribution in [0.5, 0.6) is 0 Å². The Morgan fingerprint density at radius 2 is 2.00 bits per heavy atom. The Hall–Kier alpha value is -1.45. The number of hydrogen-bond acceptors (Lipinski definition) is 5. The number of nitriles is 1. The van der Waals surface area contributed by atoms with Crippen molar-refractivity contribution in [3.8, 4) is 6.07 Å². The topological polar surface area (TPSA) is 68.5 Å². The second-order valence-electron chi connectivity index (χ2n) is 4.87. The number of ether oxygens (including phenoxy) is 1. The van der Waals surface area contributed by atoms with Gasteiger partial charge in [-0.2, -0.15) is 5.26 Å². The fourth-order valence-electron chi connectivity index (χ4n) is 1.63. The molecule has 0 saturated carbocycles. The van der Waals surface area contributed by atoms with E-state index in [1.165, 1.54) is 0 Å². The van der Waals surface area contributed by atoms with Gasteiger partial charge in [0, 0.05) is 19.6 Å². The first-order valence-electron chi connectivity index (χ1n) is 6.75. The highest BCUT2D eigenvalue weighted by Crippen LogP contribution is 2.12. The van der Waals surface area contributed by atoms with Crippen LogP contribution in [0.25, 0.3) is 0 Å². The fraction of sp³-hybridized carbons (Fsp3) is 0.533. The van der Waals surface area contributed by atoms with Gasteiger partial charge in [-0.05, 0) is 31.8 Å². The average molecular weight is 277 g/mol. The lowest BCUT2D eigenvalue weighted by molar-refractivity contribution is 0.114. The summed E-state index contributed by atoms with van der Waals surface area (Å²) in [6.45, 7) is 3.44. The van der Waals surface area contributed by atoms with Gasteiger partial charge in [0.2, 0.25) is 0 Å². The number of nitrogens with one attached hydrogen (secondary N) is 1. The molecule has 1 atom stereocenters. The summed E-state index contributed by atoms with van der Waals surface area (Å²) in [7, 11) is 4.02. The molecular weight excluding hydrogens is 254 g/mol. The van der Waals surface area contributed by atoms with Crippen LogP contribution >= 0.6 is 0 Å². The minimum absolute atomic E-state index is 0.475. The van der Waals surface area contributed by atoms with Crippen LogP contribution in [0.1, 0.15) is 17.2 Å². The normalized spacial score (nSPS) is 12.3. The molecule has 5 heteroatoms. The second-order valence-corrected chi connectivity index (χ2v) is 4.87. The molecule has 0 aliphatic carbocycles. The van der Waals surface area contributed by atoms with Crippen LogP contribution in [-0.4, -0.2) is 56.9 Å². The predicted octanol–water partition coefficient (Wildman–Crippen LogP) is 0.759. The Labute approximate surface area is 120 Å². The van der Waals surface area contributed by atoms with Gasteiger partial charge in [0.05, 0.1) is 31.0 Å². The molecule has 0 saturated heterocycles. The number of aliphatic hydroxyl groups is 1. The number of nitrogens with zero attached hydrogens (tertiary/aromatic N) is 2. The van der Waals surface area contributed by atoms with Crippen LogP contribution in [0.3, 0.4) is 0 Å². The highest BCUT2D eigenvalue weighted by molar-refractivity contribution is 5.32. The maximum absolute atomic E-state index is 9.97. The van der Waals surface area contributed by atoms with Crippen LogP contribution in [0.2, 0.25) is 0 Å². The van der Waals surface area contributed by atoms with E-state index < -0.39 is 6.10 Å². The van der Waals surface area contributed by atoms with Crippen molar-refractivity contribution in [3.63, 3.8) is 0 Å². The molecule has 1 unspecified atom stereocenters. The van der Waals surface area contributed by atoms with E-state index in [9.17, 15) is 5.11 Å². The van der Waals surface area contributed by atoms with Gasteiger partial charge < -0.3 is 20.1 Å². The minimum Gasteiger partial charge on any atom is -0.387 e. The molecule has 110 valence electrons. The molecule has 0 aliphatic rings. The first kappa shape index (κ1) is 16.6. The van der Waals surface area contributed by atoms with Gasteiger partial charge in [0.15, 0.2) is 0 Å². The first-order valence-corrected chi connectivity index (χ1v) is 6.75. The number of rotatable bonds is 9. The van der Waals surface area contributed by atoms with Crippen LogP contribution in [0.4, 0.5) is 0 Å². The highest BCUT2D eigenvalue weighted by Gasteiger charge is 2.06. The van der Waals surface area contributed by atoms with Gasteiger partial charge in [0.1, 0.15) is 0 Å². The van der Waals surface area contributed by atoms with Crippen molar-refractivity contribution in [1.82, 2.24) is 10.2 Å². The lowest BCUT2D eigenvalue weighted by Gasteiger charge is -2.13. The lowest BCUT2D eigenvalue weighted by atomic mass is 10.1. The van der Waals surface area contributed by atoms with E-state index in [1.807, 2.05) is 14.1 Å². The molecule has 20 heavy (non-hydrogen) atoms. The third-order valence-corrected chi connectivity index (χ3v) is 2.87. The van der Waals surface area contributed by atoms with E-state index in [-0.39, 0.29) is 0 Å². The van der Waals surface area contributed by atoms with Crippen LogP contribution < -0.4 is 5.32 Å². The van der Waals surface area contributed by atoms with Crippen molar-refractivity contribution in [1.29, 1.82) is 5.26 Å². The summed E-state index contributed by atoms with van der Waals surface area (Å²) in [5.41, 5.74) is 1.41. The maximum atomic E-state index is 9.97. The quantitative estimate of drug-likeness (QED) is 0.652. The van der Waals surface area contributed by atoms with Crippen LogP contribution in [0, 0.1) is 11.3 Å². The molecule has 0 radical (unpaired) electrons. The lowest BCUT2D eigenvalue weighted by Crippen LogP contribution is -2.26. The molecule has 0 bridgehead atoms. The standard InChI is InChI=1S/C15H23N3O2/c1-18(2)8-10-20-9-7-17-12-15(19)14-5-3-13(11-16)4-6-14/h3-6,15,17,19H,7-10,12H2,1-2H3. The van der Waals surface area contributed by atoms with Crippen molar-refractivity contribution in [2.75, 3.05) is 46.9 Å². The van der Waals surface area contributed by atoms with Crippen LogP contribution in [-0.2, 0) is 4.74 Å². The van der Waals surface area contributed by atoms with Gasteiger partial charge in [-0.1, -0.05) is 12.1 Å². The predicted molar refractivity (Wildman–Crippen MR) is 78.4 cm³/mol. The van der Waals surface area contributed by atoms with E-state index >= 15 is 0 Å². The van der Waals surface area contributed by atoms with Gasteiger partial charge in [-0.25, -0.2) is 0 Å². The van der Waals surface area contributed by atoms with Crippen molar-refractivity contribution < 1.29 is 9.84 Å². The van der Waals surface area contributed by atoms with E-state index in [2.05, 4.69) is 16.3 Å². The largest absolute Gasteiger partial charge is 0.387 e. The third kappa shape index (κ3) is 6.64. The van der Waals surface area contributed by atoms with E-state index in [1.54, 1.807) is 24.3 Å². The first-order chi connectivity index (χ1) is 9.63. The SMILES string of the molecule is CN(C)CCOCCNCC(O)c1ccc(C#N)cc1. The molecule has 1 rings (SSSR count). The van der Waals surface area contributed by atoms with Crippen molar-refractivity contribution in [3.05, 3.63) is 35.4 Å². The molecule has 1 aromatic carbocycles. The fourth-order valence-corrected chi connectivity index (χ4v) is 1.63.